The first-order valence-corrected chi connectivity index (χ1v) is 10.9. The largest absolute Gasteiger partial charge is 0.493 e. The van der Waals surface area contributed by atoms with Gasteiger partial charge in [-0.3, -0.25) is 10.1 Å². The Kier molecular flexibility index (Phi) is 5.26. The van der Waals surface area contributed by atoms with E-state index < -0.39 is 0 Å². The van der Waals surface area contributed by atoms with Crippen LogP contribution in [0.25, 0.3) is 28.3 Å². The number of piperazine rings is 1. The highest BCUT2D eigenvalue weighted by molar-refractivity contribution is 5.75. The molecule has 5 heterocycles. The summed E-state index contributed by atoms with van der Waals surface area (Å²) in [5.41, 5.74) is 6.58. The molecule has 32 heavy (non-hydrogen) atoms. The van der Waals surface area contributed by atoms with Gasteiger partial charge in [-0.15, -0.1) is 0 Å². The van der Waals surface area contributed by atoms with Gasteiger partial charge < -0.3 is 14.5 Å². The van der Waals surface area contributed by atoms with Gasteiger partial charge in [0.2, 0.25) is 0 Å². The van der Waals surface area contributed by atoms with Gasteiger partial charge in [0.1, 0.15) is 12.0 Å². The van der Waals surface area contributed by atoms with Crippen LogP contribution in [0.3, 0.4) is 0 Å². The maximum atomic E-state index is 5.54. The Morgan fingerprint density at radius 2 is 1.91 bits per heavy atom. The molecule has 0 unspecified atom stereocenters. The summed E-state index contributed by atoms with van der Waals surface area (Å²) in [6.45, 7) is 8.52. The van der Waals surface area contributed by atoms with E-state index in [2.05, 4.69) is 63.1 Å². The van der Waals surface area contributed by atoms with Crippen LogP contribution in [-0.4, -0.2) is 75.0 Å². The second kappa shape index (κ2) is 8.23. The molecule has 0 spiro atoms. The first kappa shape index (κ1) is 20.4. The molecule has 1 N–H and O–H groups in total. The van der Waals surface area contributed by atoms with Gasteiger partial charge in [-0.2, -0.15) is 10.2 Å². The number of aromatic nitrogens is 6. The van der Waals surface area contributed by atoms with Gasteiger partial charge in [0.25, 0.3) is 0 Å². The van der Waals surface area contributed by atoms with E-state index in [-0.39, 0.29) is 5.92 Å². The smallest absolute Gasteiger partial charge is 0.197 e. The fourth-order valence-corrected chi connectivity index (χ4v) is 4.29. The molecule has 0 atom stereocenters. The standard InChI is InChI=1S/C23H28N8O/c1-15(2)20-21(16-11-19(32-4)23-25-14-26-31(23)13-16)27-28-22(20)18-6-5-17(12-24-18)30-9-7-29(3)8-10-30/h5-6,11-15H,7-10H2,1-4H3,(H,27,28). The van der Waals surface area contributed by atoms with Gasteiger partial charge in [-0.1, -0.05) is 13.8 Å². The number of H-pyrrole nitrogens is 1. The summed E-state index contributed by atoms with van der Waals surface area (Å²) >= 11 is 0. The van der Waals surface area contributed by atoms with Crippen LogP contribution in [-0.2, 0) is 0 Å². The Morgan fingerprint density at radius 1 is 1.09 bits per heavy atom. The number of hydrogen-bond acceptors (Lipinski definition) is 7. The molecule has 1 aliphatic rings. The second-order valence-electron chi connectivity index (χ2n) is 8.53. The van der Waals surface area contributed by atoms with E-state index in [1.165, 1.54) is 6.33 Å². The molecule has 9 heteroatoms. The second-order valence-corrected chi connectivity index (χ2v) is 8.53. The molecule has 1 saturated heterocycles. The number of fused-ring (bicyclic) bond motifs is 1. The van der Waals surface area contributed by atoms with Crippen LogP contribution in [0, 0.1) is 0 Å². The third-order valence-electron chi connectivity index (χ3n) is 6.09. The molecule has 5 rings (SSSR count). The molecular weight excluding hydrogens is 404 g/mol. The minimum absolute atomic E-state index is 0.246. The molecule has 0 aliphatic carbocycles. The van der Waals surface area contributed by atoms with E-state index in [0.29, 0.717) is 11.4 Å². The molecule has 0 bridgehead atoms. The fraction of sp³-hybridized carbons (Fsp3) is 0.391. The quantitative estimate of drug-likeness (QED) is 0.519. The van der Waals surface area contributed by atoms with Crippen LogP contribution in [0.5, 0.6) is 5.75 Å². The van der Waals surface area contributed by atoms with E-state index in [0.717, 1.165) is 60.1 Å². The lowest BCUT2D eigenvalue weighted by Crippen LogP contribution is -2.44. The van der Waals surface area contributed by atoms with Crippen molar-refractivity contribution in [3.63, 3.8) is 0 Å². The first-order chi connectivity index (χ1) is 15.5. The average Bonchev–Trinajstić information content (AvgIpc) is 3.46. The van der Waals surface area contributed by atoms with Gasteiger partial charge >= 0.3 is 0 Å². The minimum Gasteiger partial charge on any atom is -0.493 e. The Bertz CT molecular complexity index is 1220. The van der Waals surface area contributed by atoms with E-state index >= 15 is 0 Å². The number of likely N-dealkylation sites (N-methyl/N-ethyl adjacent to an activating group) is 1. The maximum Gasteiger partial charge on any atom is 0.197 e. The third-order valence-corrected chi connectivity index (χ3v) is 6.09. The van der Waals surface area contributed by atoms with E-state index in [9.17, 15) is 0 Å². The normalized spacial score (nSPS) is 15.1. The predicted octanol–water partition coefficient (Wildman–Crippen LogP) is 3.07. The summed E-state index contributed by atoms with van der Waals surface area (Å²) in [7, 11) is 3.80. The van der Waals surface area contributed by atoms with Crippen molar-refractivity contribution in [3.8, 4) is 28.4 Å². The number of nitrogens with one attached hydrogen (secondary N) is 1. The number of anilines is 1. The van der Waals surface area contributed by atoms with Crippen LogP contribution < -0.4 is 9.64 Å². The lowest BCUT2D eigenvalue weighted by molar-refractivity contribution is 0.313. The van der Waals surface area contributed by atoms with Gasteiger partial charge in [0.15, 0.2) is 11.4 Å². The Morgan fingerprint density at radius 3 is 2.59 bits per heavy atom. The average molecular weight is 433 g/mol. The van der Waals surface area contributed by atoms with Crippen molar-refractivity contribution >= 4 is 11.3 Å². The molecule has 1 fully saturated rings. The number of ether oxygens (including phenoxy) is 1. The monoisotopic (exact) mass is 432 g/mol. The van der Waals surface area contributed by atoms with Gasteiger partial charge in [0.05, 0.1) is 30.4 Å². The predicted molar refractivity (Wildman–Crippen MR) is 124 cm³/mol. The lowest BCUT2D eigenvalue weighted by Gasteiger charge is -2.33. The van der Waals surface area contributed by atoms with Crippen molar-refractivity contribution in [1.82, 2.24) is 34.7 Å². The molecule has 0 radical (unpaired) electrons. The van der Waals surface area contributed by atoms with Gasteiger partial charge in [0, 0.05) is 43.5 Å². The van der Waals surface area contributed by atoms with E-state index in [4.69, 9.17) is 9.72 Å². The molecule has 0 amide bonds. The summed E-state index contributed by atoms with van der Waals surface area (Å²) in [5.74, 6) is 0.913. The molecule has 9 nitrogen and oxygen atoms in total. The summed E-state index contributed by atoms with van der Waals surface area (Å²) in [5, 5.41) is 12.2. The third kappa shape index (κ3) is 3.58. The van der Waals surface area contributed by atoms with E-state index in [1.807, 2.05) is 18.5 Å². The zero-order chi connectivity index (χ0) is 22.2. The highest BCUT2D eigenvalue weighted by atomic mass is 16.5. The van der Waals surface area contributed by atoms with Crippen molar-refractivity contribution in [2.45, 2.75) is 19.8 Å². The van der Waals surface area contributed by atoms with Crippen molar-refractivity contribution in [2.75, 3.05) is 45.2 Å². The molecule has 4 aromatic heterocycles. The topological polar surface area (TPSA) is 87.5 Å². The van der Waals surface area contributed by atoms with Crippen molar-refractivity contribution < 1.29 is 4.74 Å². The molecule has 166 valence electrons. The zero-order valence-corrected chi connectivity index (χ0v) is 18.9. The Hall–Kier alpha value is -3.46. The minimum atomic E-state index is 0.246. The fourth-order valence-electron chi connectivity index (χ4n) is 4.29. The maximum absolute atomic E-state index is 5.54. The summed E-state index contributed by atoms with van der Waals surface area (Å²) < 4.78 is 7.26. The lowest BCUT2D eigenvalue weighted by atomic mass is 9.96. The number of pyridine rings is 2. The summed E-state index contributed by atoms with van der Waals surface area (Å²) in [6, 6.07) is 6.19. The van der Waals surface area contributed by atoms with Gasteiger partial charge in [-0.05, 0) is 31.2 Å². The molecule has 4 aromatic rings. The van der Waals surface area contributed by atoms with Crippen LogP contribution in [0.2, 0.25) is 0 Å². The van der Waals surface area contributed by atoms with Crippen LogP contribution in [0.1, 0.15) is 25.3 Å². The number of nitrogens with zero attached hydrogens (tertiary/aromatic N) is 7. The molecule has 1 aliphatic heterocycles. The van der Waals surface area contributed by atoms with E-state index in [1.54, 1.807) is 11.6 Å². The Balaban J connectivity index is 1.51. The van der Waals surface area contributed by atoms with Crippen LogP contribution in [0.15, 0.2) is 36.9 Å². The van der Waals surface area contributed by atoms with Crippen LogP contribution in [0.4, 0.5) is 5.69 Å². The van der Waals surface area contributed by atoms with Crippen molar-refractivity contribution in [1.29, 1.82) is 0 Å². The number of rotatable bonds is 5. The van der Waals surface area contributed by atoms with Crippen molar-refractivity contribution in [2.24, 2.45) is 0 Å². The highest BCUT2D eigenvalue weighted by Gasteiger charge is 2.22. The molecular formula is C23H28N8O. The number of methoxy groups -OCH3 is 1. The molecule has 0 aromatic carbocycles. The zero-order valence-electron chi connectivity index (χ0n) is 18.9. The number of hydrogen-bond donors (Lipinski definition) is 1. The first-order valence-electron chi connectivity index (χ1n) is 10.9. The highest BCUT2D eigenvalue weighted by Crippen LogP contribution is 2.36. The van der Waals surface area contributed by atoms with Crippen molar-refractivity contribution in [3.05, 3.63) is 42.5 Å². The van der Waals surface area contributed by atoms with Crippen LogP contribution >= 0.6 is 0 Å². The summed E-state index contributed by atoms with van der Waals surface area (Å²) in [4.78, 5) is 13.8. The Labute approximate surface area is 187 Å². The summed E-state index contributed by atoms with van der Waals surface area (Å²) in [6.07, 6.45) is 5.43. The van der Waals surface area contributed by atoms with Gasteiger partial charge in [-0.25, -0.2) is 9.50 Å². The number of aromatic amines is 1. The molecule has 0 saturated carbocycles. The SMILES string of the molecule is COc1cc(-c2[nH]nc(-c3ccc(N4CCN(C)CC4)cn3)c2C(C)C)cn2ncnc12.